The highest BCUT2D eigenvalue weighted by Crippen LogP contribution is 2.14. The number of urea groups is 1. The van der Waals surface area contributed by atoms with Crippen LogP contribution in [0.3, 0.4) is 0 Å². The number of hydrogen-bond acceptors (Lipinski definition) is 3. The summed E-state index contributed by atoms with van der Waals surface area (Å²) in [5, 5.41) is 18.3. The lowest BCUT2D eigenvalue weighted by Crippen LogP contribution is -2.37. The Morgan fingerprint density at radius 2 is 2.47 bits per heavy atom. The van der Waals surface area contributed by atoms with Crippen molar-refractivity contribution in [3.63, 3.8) is 0 Å². The summed E-state index contributed by atoms with van der Waals surface area (Å²) in [6.45, 7) is 0.355. The molecule has 0 fully saturated rings. The first kappa shape index (κ1) is 11.6. The van der Waals surface area contributed by atoms with E-state index in [4.69, 9.17) is 6.42 Å². The molecule has 0 radical (unpaired) electrons. The molecule has 4 nitrogen and oxygen atoms in total. The second-order valence-corrected chi connectivity index (χ2v) is 3.62. The zero-order valence-electron chi connectivity index (χ0n) is 8.06. The molecule has 1 unspecified atom stereocenters. The first-order chi connectivity index (χ1) is 7.24. The summed E-state index contributed by atoms with van der Waals surface area (Å²) in [4.78, 5) is 11.0. The molecular formula is C10H12N2O2S. The third kappa shape index (κ3) is 4.02. The molecule has 5 heteroatoms. The van der Waals surface area contributed by atoms with E-state index in [1.807, 2.05) is 16.8 Å². The summed E-state index contributed by atoms with van der Waals surface area (Å²) >= 11 is 1.50. The number of aliphatic hydroxyl groups is 1. The fraction of sp³-hybridized carbons (Fsp3) is 0.300. The van der Waals surface area contributed by atoms with E-state index in [0.717, 1.165) is 5.56 Å². The third-order valence-corrected chi connectivity index (χ3v) is 2.44. The van der Waals surface area contributed by atoms with Crippen LogP contribution < -0.4 is 10.6 Å². The second kappa shape index (κ2) is 6.06. The van der Waals surface area contributed by atoms with E-state index in [9.17, 15) is 9.90 Å². The fourth-order valence-electron chi connectivity index (χ4n) is 0.966. The summed E-state index contributed by atoms with van der Waals surface area (Å²) in [5.41, 5.74) is 0.803. The van der Waals surface area contributed by atoms with Gasteiger partial charge in [-0.3, -0.25) is 0 Å². The monoisotopic (exact) mass is 224 g/mol. The first-order valence-electron chi connectivity index (χ1n) is 4.39. The van der Waals surface area contributed by atoms with Crippen LogP contribution in [0.4, 0.5) is 4.79 Å². The molecule has 1 aromatic heterocycles. The van der Waals surface area contributed by atoms with E-state index < -0.39 is 6.10 Å². The standard InChI is InChI=1S/C10H12N2O2S/c1-2-4-11-10(14)12-6-9(13)8-3-5-15-7-8/h1,3,5,7,9,13H,4,6H2,(H2,11,12,14). The van der Waals surface area contributed by atoms with Crippen LogP contribution in [0.5, 0.6) is 0 Å². The van der Waals surface area contributed by atoms with E-state index in [-0.39, 0.29) is 19.1 Å². The second-order valence-electron chi connectivity index (χ2n) is 2.84. The number of carbonyl (C=O) groups is 1. The number of nitrogens with one attached hydrogen (secondary N) is 2. The van der Waals surface area contributed by atoms with Gasteiger partial charge in [0.2, 0.25) is 0 Å². The van der Waals surface area contributed by atoms with Crippen molar-refractivity contribution < 1.29 is 9.90 Å². The highest BCUT2D eigenvalue weighted by atomic mass is 32.1. The molecule has 1 heterocycles. The zero-order valence-corrected chi connectivity index (χ0v) is 8.88. The van der Waals surface area contributed by atoms with Crippen molar-refractivity contribution in [3.8, 4) is 12.3 Å². The Labute approximate surface area is 92.3 Å². The number of carbonyl (C=O) groups excluding carboxylic acids is 1. The molecule has 80 valence electrons. The van der Waals surface area contributed by atoms with Gasteiger partial charge in [-0.2, -0.15) is 11.3 Å². The highest BCUT2D eigenvalue weighted by molar-refractivity contribution is 7.07. The average Bonchev–Trinajstić information content (AvgIpc) is 2.76. The van der Waals surface area contributed by atoms with E-state index >= 15 is 0 Å². The minimum atomic E-state index is -0.673. The smallest absolute Gasteiger partial charge is 0.315 e. The lowest BCUT2D eigenvalue weighted by molar-refractivity contribution is 0.174. The lowest BCUT2D eigenvalue weighted by atomic mass is 10.2. The summed E-state index contributed by atoms with van der Waals surface area (Å²) in [6.07, 6.45) is 4.30. The average molecular weight is 224 g/mol. The van der Waals surface area contributed by atoms with Crippen LogP contribution in [0, 0.1) is 12.3 Å². The molecule has 1 rings (SSSR count). The summed E-state index contributed by atoms with van der Waals surface area (Å²) in [6, 6.07) is 1.44. The maximum Gasteiger partial charge on any atom is 0.315 e. The topological polar surface area (TPSA) is 61.4 Å². The zero-order chi connectivity index (χ0) is 11.1. The lowest BCUT2D eigenvalue weighted by Gasteiger charge is -2.10. The minimum Gasteiger partial charge on any atom is -0.387 e. The van der Waals surface area contributed by atoms with Gasteiger partial charge in [-0.25, -0.2) is 4.79 Å². The van der Waals surface area contributed by atoms with Crippen LogP contribution in [-0.2, 0) is 0 Å². The fourth-order valence-corrected chi connectivity index (χ4v) is 1.67. The van der Waals surface area contributed by atoms with Gasteiger partial charge in [0.05, 0.1) is 12.6 Å². The number of terminal acetylenes is 1. The van der Waals surface area contributed by atoms with Gasteiger partial charge in [0.1, 0.15) is 0 Å². The van der Waals surface area contributed by atoms with E-state index in [1.165, 1.54) is 11.3 Å². The third-order valence-electron chi connectivity index (χ3n) is 1.73. The maximum atomic E-state index is 11.0. The predicted molar refractivity (Wildman–Crippen MR) is 59.5 cm³/mol. The van der Waals surface area contributed by atoms with Gasteiger partial charge in [0.15, 0.2) is 0 Å². The SMILES string of the molecule is C#CCNC(=O)NCC(O)c1ccsc1. The summed E-state index contributed by atoms with van der Waals surface area (Å²) < 4.78 is 0. The van der Waals surface area contributed by atoms with Crippen molar-refractivity contribution in [2.75, 3.05) is 13.1 Å². The van der Waals surface area contributed by atoms with Gasteiger partial charge in [0, 0.05) is 6.54 Å². The molecule has 0 saturated carbocycles. The van der Waals surface area contributed by atoms with Crippen molar-refractivity contribution in [1.29, 1.82) is 0 Å². The Balaban J connectivity index is 2.26. The van der Waals surface area contributed by atoms with Crippen LogP contribution in [0.2, 0.25) is 0 Å². The normalized spacial score (nSPS) is 11.5. The Morgan fingerprint density at radius 1 is 1.67 bits per heavy atom. The van der Waals surface area contributed by atoms with Gasteiger partial charge < -0.3 is 15.7 Å². The minimum absolute atomic E-state index is 0.174. The molecule has 0 aromatic carbocycles. The number of rotatable bonds is 4. The molecule has 15 heavy (non-hydrogen) atoms. The molecule has 0 aliphatic heterocycles. The first-order valence-corrected chi connectivity index (χ1v) is 5.33. The van der Waals surface area contributed by atoms with E-state index in [2.05, 4.69) is 16.6 Å². The molecule has 2 amide bonds. The predicted octanol–water partition coefficient (Wildman–Crippen LogP) is 0.714. The number of aliphatic hydroxyl groups excluding tert-OH is 1. The van der Waals surface area contributed by atoms with Crippen molar-refractivity contribution in [3.05, 3.63) is 22.4 Å². The van der Waals surface area contributed by atoms with Crippen molar-refractivity contribution in [1.82, 2.24) is 10.6 Å². The van der Waals surface area contributed by atoms with Gasteiger partial charge in [-0.15, -0.1) is 6.42 Å². The maximum absolute atomic E-state index is 11.0. The number of amides is 2. The van der Waals surface area contributed by atoms with Gasteiger partial charge >= 0.3 is 6.03 Å². The van der Waals surface area contributed by atoms with Crippen LogP contribution in [0.25, 0.3) is 0 Å². The molecule has 3 N–H and O–H groups in total. The number of thiophene rings is 1. The quantitative estimate of drug-likeness (QED) is 0.660. The summed E-state index contributed by atoms with van der Waals surface area (Å²) in [7, 11) is 0. The summed E-state index contributed by atoms with van der Waals surface area (Å²) in [5.74, 6) is 2.28. The van der Waals surface area contributed by atoms with E-state index in [0.29, 0.717) is 0 Å². The van der Waals surface area contributed by atoms with Gasteiger partial charge in [-0.05, 0) is 22.4 Å². The molecule has 0 saturated heterocycles. The molecular weight excluding hydrogens is 212 g/mol. The van der Waals surface area contributed by atoms with Crippen LogP contribution in [-0.4, -0.2) is 24.2 Å². The molecule has 0 aliphatic carbocycles. The molecule has 1 aromatic rings. The number of hydrogen-bond donors (Lipinski definition) is 3. The Morgan fingerprint density at radius 3 is 3.07 bits per heavy atom. The van der Waals surface area contributed by atoms with Crippen molar-refractivity contribution >= 4 is 17.4 Å². The Kier molecular flexibility index (Phi) is 4.68. The molecule has 0 aliphatic rings. The van der Waals surface area contributed by atoms with Crippen LogP contribution >= 0.6 is 11.3 Å². The van der Waals surface area contributed by atoms with Crippen molar-refractivity contribution in [2.45, 2.75) is 6.10 Å². The largest absolute Gasteiger partial charge is 0.387 e. The Bertz CT molecular complexity index is 343. The van der Waals surface area contributed by atoms with Crippen LogP contribution in [0.1, 0.15) is 11.7 Å². The van der Waals surface area contributed by atoms with Gasteiger partial charge in [-0.1, -0.05) is 5.92 Å². The van der Waals surface area contributed by atoms with Crippen molar-refractivity contribution in [2.24, 2.45) is 0 Å². The highest BCUT2D eigenvalue weighted by Gasteiger charge is 2.08. The van der Waals surface area contributed by atoms with Gasteiger partial charge in [0.25, 0.3) is 0 Å². The van der Waals surface area contributed by atoms with E-state index in [1.54, 1.807) is 0 Å². The molecule has 0 bridgehead atoms. The Hall–Kier alpha value is -1.51. The molecule has 0 spiro atoms. The molecule has 1 atom stereocenters. The van der Waals surface area contributed by atoms with Crippen LogP contribution in [0.15, 0.2) is 16.8 Å².